The van der Waals surface area contributed by atoms with Crippen molar-refractivity contribution in [3.8, 4) is 11.8 Å². The maximum Gasteiger partial charge on any atom is 0.132 e. The molecule has 0 aliphatic heterocycles. The van der Waals surface area contributed by atoms with Gasteiger partial charge in [-0.15, -0.1) is 11.8 Å². The Balaban J connectivity index is 2.30. The molecule has 1 rings (SSSR count). The Morgan fingerprint density at radius 2 is 2.11 bits per heavy atom. The fourth-order valence-corrected chi connectivity index (χ4v) is 2.77. The summed E-state index contributed by atoms with van der Waals surface area (Å²) in [5, 5.41) is 12.1. The molecule has 104 valence electrons. The van der Waals surface area contributed by atoms with Gasteiger partial charge in [0, 0.05) is 4.90 Å². The van der Waals surface area contributed by atoms with E-state index in [4.69, 9.17) is 10.00 Å². The molecule has 0 radical (unpaired) electrons. The smallest absolute Gasteiger partial charge is 0.132 e. The Kier molecular flexibility index (Phi) is 6.75. The first-order chi connectivity index (χ1) is 9.15. The minimum absolute atomic E-state index is 0.394. The topological polar surface area (TPSA) is 45.0 Å². The summed E-state index contributed by atoms with van der Waals surface area (Å²) >= 11 is 1.81. The molecule has 0 saturated carbocycles. The fourth-order valence-electron chi connectivity index (χ4n) is 1.74. The molecule has 3 nitrogen and oxygen atoms in total. The number of hydrogen-bond acceptors (Lipinski definition) is 4. The number of nitriles is 1. The van der Waals surface area contributed by atoms with Crippen LogP contribution in [-0.4, -0.2) is 25.4 Å². The van der Waals surface area contributed by atoms with Gasteiger partial charge in [0.25, 0.3) is 0 Å². The number of unbranched alkanes of at least 4 members (excludes halogenated alkanes) is 1. The molecule has 1 aromatic carbocycles. The normalized spacial score (nSPS) is 13.6. The van der Waals surface area contributed by atoms with Crippen molar-refractivity contribution in [2.45, 2.75) is 36.6 Å². The predicted molar refractivity (Wildman–Crippen MR) is 80.6 cm³/mol. The van der Waals surface area contributed by atoms with Gasteiger partial charge in [-0.3, -0.25) is 0 Å². The van der Waals surface area contributed by atoms with Gasteiger partial charge in [-0.1, -0.05) is 12.1 Å². The van der Waals surface area contributed by atoms with E-state index in [9.17, 15) is 0 Å². The van der Waals surface area contributed by atoms with Gasteiger partial charge in [0.1, 0.15) is 11.3 Å². The van der Waals surface area contributed by atoms with Crippen LogP contribution in [-0.2, 0) is 0 Å². The molecule has 0 aliphatic rings. The Morgan fingerprint density at radius 3 is 2.74 bits per heavy atom. The van der Waals surface area contributed by atoms with Crippen LogP contribution in [0.2, 0.25) is 0 Å². The molecule has 0 spiro atoms. The van der Waals surface area contributed by atoms with E-state index in [1.807, 2.05) is 43.9 Å². The molecule has 1 N–H and O–H groups in total. The van der Waals surface area contributed by atoms with Crippen LogP contribution < -0.4 is 10.1 Å². The average molecular weight is 278 g/mol. The van der Waals surface area contributed by atoms with Gasteiger partial charge in [0.15, 0.2) is 0 Å². The van der Waals surface area contributed by atoms with E-state index in [1.165, 1.54) is 4.90 Å². The molecule has 19 heavy (non-hydrogen) atoms. The number of hydrogen-bond donors (Lipinski definition) is 1. The molecule has 4 heteroatoms. The molecule has 0 heterocycles. The molecule has 0 fully saturated rings. The average Bonchev–Trinajstić information content (AvgIpc) is 2.47. The number of rotatable bonds is 8. The van der Waals surface area contributed by atoms with Gasteiger partial charge < -0.3 is 10.1 Å². The molecular formula is C15H22N2OS. The van der Waals surface area contributed by atoms with Gasteiger partial charge in [0.2, 0.25) is 0 Å². The lowest BCUT2D eigenvalue weighted by Crippen LogP contribution is -2.37. The second kappa shape index (κ2) is 8.08. The van der Waals surface area contributed by atoms with E-state index < -0.39 is 5.54 Å². The highest BCUT2D eigenvalue weighted by atomic mass is 32.2. The van der Waals surface area contributed by atoms with Crippen LogP contribution >= 0.6 is 11.8 Å². The van der Waals surface area contributed by atoms with E-state index in [0.717, 1.165) is 30.8 Å². The number of thioether (sulfide) groups is 1. The van der Waals surface area contributed by atoms with Crippen molar-refractivity contribution in [3.05, 3.63) is 24.3 Å². The van der Waals surface area contributed by atoms with Crippen molar-refractivity contribution in [3.63, 3.8) is 0 Å². The molecular weight excluding hydrogens is 256 g/mol. The summed E-state index contributed by atoms with van der Waals surface area (Å²) in [6, 6.07) is 10.4. The summed E-state index contributed by atoms with van der Waals surface area (Å²) in [7, 11) is 3.54. The third-order valence-corrected chi connectivity index (χ3v) is 4.34. The van der Waals surface area contributed by atoms with Crippen LogP contribution in [0.4, 0.5) is 0 Å². The van der Waals surface area contributed by atoms with E-state index in [2.05, 4.69) is 17.5 Å². The van der Waals surface area contributed by atoms with Crippen LogP contribution in [0.15, 0.2) is 29.2 Å². The molecule has 0 aliphatic carbocycles. The van der Waals surface area contributed by atoms with Crippen molar-refractivity contribution < 1.29 is 4.74 Å². The summed E-state index contributed by atoms with van der Waals surface area (Å²) in [5.74, 6) is 1.98. The van der Waals surface area contributed by atoms with E-state index in [-0.39, 0.29) is 0 Å². The minimum atomic E-state index is -0.394. The summed E-state index contributed by atoms with van der Waals surface area (Å²) in [5.41, 5.74) is -0.394. The van der Waals surface area contributed by atoms with Crippen molar-refractivity contribution >= 4 is 11.8 Å². The zero-order valence-corrected chi connectivity index (χ0v) is 12.7. The quantitative estimate of drug-likeness (QED) is 0.584. The van der Waals surface area contributed by atoms with Crippen molar-refractivity contribution in [1.29, 1.82) is 5.26 Å². The highest BCUT2D eigenvalue weighted by Gasteiger charge is 2.19. The Morgan fingerprint density at radius 1 is 1.37 bits per heavy atom. The third kappa shape index (κ3) is 5.14. The monoisotopic (exact) mass is 278 g/mol. The largest absolute Gasteiger partial charge is 0.496 e. The van der Waals surface area contributed by atoms with Gasteiger partial charge in [-0.25, -0.2) is 0 Å². The van der Waals surface area contributed by atoms with Gasteiger partial charge >= 0.3 is 0 Å². The molecule has 0 aromatic heterocycles. The molecule has 1 atom stereocenters. The lowest BCUT2D eigenvalue weighted by Gasteiger charge is -2.20. The summed E-state index contributed by atoms with van der Waals surface area (Å²) in [6.45, 7) is 1.94. The van der Waals surface area contributed by atoms with E-state index in [0.29, 0.717) is 0 Å². The maximum absolute atomic E-state index is 9.05. The molecule has 0 saturated heterocycles. The van der Waals surface area contributed by atoms with Crippen molar-refractivity contribution in [1.82, 2.24) is 5.32 Å². The first-order valence-electron chi connectivity index (χ1n) is 6.51. The second-order valence-electron chi connectivity index (χ2n) is 4.65. The van der Waals surface area contributed by atoms with Crippen LogP contribution in [0.25, 0.3) is 0 Å². The first kappa shape index (κ1) is 15.9. The third-order valence-electron chi connectivity index (χ3n) is 3.20. The second-order valence-corrected chi connectivity index (χ2v) is 5.79. The molecule has 1 aromatic rings. The zero-order chi connectivity index (χ0) is 14.1. The van der Waals surface area contributed by atoms with E-state index in [1.54, 1.807) is 7.11 Å². The number of benzene rings is 1. The van der Waals surface area contributed by atoms with Crippen LogP contribution in [0.3, 0.4) is 0 Å². The first-order valence-corrected chi connectivity index (χ1v) is 7.50. The Hall–Kier alpha value is -1.18. The standard InChI is InChI=1S/C15H22N2OS/c1-15(12-16,17-2)10-6-7-11-19-14-9-5-4-8-13(14)18-3/h4-5,8-9,17H,6-7,10-11H2,1-3H3. The SMILES string of the molecule is CNC(C)(C#N)CCCCSc1ccccc1OC. The van der Waals surface area contributed by atoms with Gasteiger partial charge in [-0.05, 0) is 51.1 Å². The highest BCUT2D eigenvalue weighted by Crippen LogP contribution is 2.29. The summed E-state index contributed by atoms with van der Waals surface area (Å²) < 4.78 is 5.32. The zero-order valence-electron chi connectivity index (χ0n) is 11.9. The number of para-hydroxylation sites is 1. The van der Waals surface area contributed by atoms with Crippen molar-refractivity contribution in [2.24, 2.45) is 0 Å². The predicted octanol–water partition coefficient (Wildman–Crippen LogP) is 3.46. The summed E-state index contributed by atoms with van der Waals surface area (Å²) in [6.07, 6.45) is 3.03. The molecule has 0 bridgehead atoms. The summed E-state index contributed by atoms with van der Waals surface area (Å²) in [4.78, 5) is 1.18. The fraction of sp³-hybridized carbons (Fsp3) is 0.533. The van der Waals surface area contributed by atoms with Crippen LogP contribution in [0.5, 0.6) is 5.75 Å². The lowest BCUT2D eigenvalue weighted by molar-refractivity contribution is 0.405. The highest BCUT2D eigenvalue weighted by molar-refractivity contribution is 7.99. The number of methoxy groups -OCH3 is 1. The number of nitrogens with one attached hydrogen (secondary N) is 1. The van der Waals surface area contributed by atoms with Gasteiger partial charge in [0.05, 0.1) is 13.2 Å². The van der Waals surface area contributed by atoms with Crippen LogP contribution in [0, 0.1) is 11.3 Å². The van der Waals surface area contributed by atoms with E-state index >= 15 is 0 Å². The van der Waals surface area contributed by atoms with Gasteiger partial charge in [-0.2, -0.15) is 5.26 Å². The van der Waals surface area contributed by atoms with Crippen molar-refractivity contribution in [2.75, 3.05) is 19.9 Å². The van der Waals surface area contributed by atoms with Crippen LogP contribution in [0.1, 0.15) is 26.2 Å². The molecule has 1 unspecified atom stereocenters. The number of nitrogens with zero attached hydrogens (tertiary/aromatic N) is 1. The minimum Gasteiger partial charge on any atom is -0.496 e. The maximum atomic E-state index is 9.05. The number of ether oxygens (including phenoxy) is 1. The Bertz CT molecular complexity index is 430. The molecule has 0 amide bonds. The Labute approximate surface area is 120 Å². The lowest BCUT2D eigenvalue weighted by atomic mass is 9.97.